The van der Waals surface area contributed by atoms with Crippen molar-refractivity contribution in [2.24, 2.45) is 5.92 Å². The van der Waals surface area contributed by atoms with Crippen molar-refractivity contribution in [3.8, 4) is 5.75 Å². The lowest BCUT2D eigenvalue weighted by molar-refractivity contribution is -0.123. The first kappa shape index (κ1) is 23.7. The lowest BCUT2D eigenvalue weighted by atomic mass is 10.0. The van der Waals surface area contributed by atoms with Crippen molar-refractivity contribution in [2.75, 3.05) is 19.6 Å². The number of amides is 1. The second-order valence-electron chi connectivity index (χ2n) is 10.5. The number of aliphatic hydroxyl groups is 1. The fourth-order valence-electron chi connectivity index (χ4n) is 4.98. The van der Waals surface area contributed by atoms with E-state index in [0.29, 0.717) is 30.3 Å². The van der Waals surface area contributed by atoms with Gasteiger partial charge in [0.2, 0.25) is 5.91 Å². The zero-order valence-electron chi connectivity index (χ0n) is 20.1. The summed E-state index contributed by atoms with van der Waals surface area (Å²) in [6.45, 7) is 8.59. The first-order valence-corrected chi connectivity index (χ1v) is 12.2. The number of likely N-dealkylation sites (tertiary alicyclic amines) is 1. The van der Waals surface area contributed by atoms with Gasteiger partial charge in [0.1, 0.15) is 17.5 Å². The van der Waals surface area contributed by atoms with Crippen LogP contribution in [0.4, 0.5) is 0 Å². The highest BCUT2D eigenvalue weighted by atomic mass is 16.5. The predicted molar refractivity (Wildman–Crippen MR) is 129 cm³/mol. The van der Waals surface area contributed by atoms with Crippen LogP contribution in [0.5, 0.6) is 5.75 Å². The summed E-state index contributed by atoms with van der Waals surface area (Å²) < 4.78 is 5.85. The molecule has 6 nitrogen and oxygen atoms in total. The molecule has 0 bridgehead atoms. The Morgan fingerprint density at radius 2 is 1.82 bits per heavy atom. The van der Waals surface area contributed by atoms with Crippen LogP contribution in [0.3, 0.4) is 0 Å². The number of rotatable bonds is 8. The van der Waals surface area contributed by atoms with Crippen LogP contribution in [-0.4, -0.2) is 52.2 Å². The molecule has 2 atom stereocenters. The van der Waals surface area contributed by atoms with Crippen LogP contribution < -0.4 is 10.1 Å². The molecule has 1 amide bonds. The summed E-state index contributed by atoms with van der Waals surface area (Å²) in [5.74, 6) is 0.988. The standard InChI is InChI=1S/C27H37N3O3/c1-27(2,3)33-22-10-11-23(28-17-22)26(32)24(18-30-12-6-7-13-30)29-25(31)16-19-14-20-8-4-5-9-21(20)15-19/h4-5,8-11,17,19,24,26,32H,6-7,12-16,18H2,1-3H3,(H,29,31)/t24-,26-/m0/s1. The van der Waals surface area contributed by atoms with E-state index in [9.17, 15) is 9.90 Å². The molecule has 0 radical (unpaired) electrons. The van der Waals surface area contributed by atoms with Gasteiger partial charge < -0.3 is 20.1 Å². The van der Waals surface area contributed by atoms with Crippen LogP contribution in [0.25, 0.3) is 0 Å². The maximum absolute atomic E-state index is 13.0. The van der Waals surface area contributed by atoms with Crippen molar-refractivity contribution < 1.29 is 14.6 Å². The largest absolute Gasteiger partial charge is 0.487 e. The second-order valence-corrected chi connectivity index (χ2v) is 10.5. The fourth-order valence-corrected chi connectivity index (χ4v) is 4.98. The van der Waals surface area contributed by atoms with Gasteiger partial charge in [0.25, 0.3) is 0 Å². The first-order valence-electron chi connectivity index (χ1n) is 12.2. The highest BCUT2D eigenvalue weighted by molar-refractivity contribution is 5.77. The van der Waals surface area contributed by atoms with Gasteiger partial charge in [-0.3, -0.25) is 9.78 Å². The lowest BCUT2D eigenvalue weighted by Crippen LogP contribution is -2.47. The van der Waals surface area contributed by atoms with Gasteiger partial charge in [0.05, 0.1) is 17.9 Å². The zero-order valence-corrected chi connectivity index (χ0v) is 20.1. The number of ether oxygens (including phenoxy) is 1. The molecule has 1 aromatic carbocycles. The van der Waals surface area contributed by atoms with Crippen molar-refractivity contribution in [1.82, 2.24) is 15.2 Å². The number of pyridine rings is 1. The maximum Gasteiger partial charge on any atom is 0.220 e. The number of aromatic nitrogens is 1. The number of hydrogen-bond donors (Lipinski definition) is 2. The summed E-state index contributed by atoms with van der Waals surface area (Å²) in [5, 5.41) is 14.3. The minimum absolute atomic E-state index is 0.00346. The molecule has 2 N–H and O–H groups in total. The molecule has 2 aromatic rings. The van der Waals surface area contributed by atoms with E-state index in [1.54, 1.807) is 12.3 Å². The highest BCUT2D eigenvalue weighted by Gasteiger charge is 2.29. The van der Waals surface area contributed by atoms with Gasteiger partial charge in [-0.25, -0.2) is 0 Å². The normalized spacial score (nSPS) is 18.7. The Morgan fingerprint density at radius 3 is 2.39 bits per heavy atom. The molecule has 6 heteroatoms. The third kappa shape index (κ3) is 6.55. The van der Waals surface area contributed by atoms with Crippen LogP contribution in [0.2, 0.25) is 0 Å². The van der Waals surface area contributed by atoms with Crippen molar-refractivity contribution in [3.05, 3.63) is 59.4 Å². The van der Waals surface area contributed by atoms with Crippen molar-refractivity contribution in [3.63, 3.8) is 0 Å². The van der Waals surface area contributed by atoms with Crippen LogP contribution >= 0.6 is 0 Å². The van der Waals surface area contributed by atoms with Crippen LogP contribution in [0.1, 0.15) is 63.0 Å². The molecular weight excluding hydrogens is 414 g/mol. The second kappa shape index (κ2) is 10.2. The highest BCUT2D eigenvalue weighted by Crippen LogP contribution is 2.29. The maximum atomic E-state index is 13.0. The van der Waals surface area contributed by atoms with E-state index in [-0.39, 0.29) is 11.5 Å². The number of aliphatic hydroxyl groups excluding tert-OH is 1. The van der Waals surface area contributed by atoms with Crippen molar-refractivity contribution in [2.45, 2.75) is 70.6 Å². The van der Waals surface area contributed by atoms with Gasteiger partial charge in [-0.2, -0.15) is 0 Å². The molecule has 1 aliphatic heterocycles. The molecule has 1 aliphatic carbocycles. The van der Waals surface area contributed by atoms with Crippen molar-refractivity contribution in [1.29, 1.82) is 0 Å². The number of carbonyl (C=O) groups is 1. The van der Waals surface area contributed by atoms with E-state index < -0.39 is 12.1 Å². The molecule has 0 unspecified atom stereocenters. The molecule has 178 valence electrons. The number of carbonyl (C=O) groups excluding carboxylic acids is 1. The quantitative estimate of drug-likeness (QED) is 0.641. The van der Waals surface area contributed by atoms with Gasteiger partial charge in [-0.05, 0) is 88.7 Å². The van der Waals surface area contributed by atoms with E-state index in [2.05, 4.69) is 39.5 Å². The summed E-state index contributed by atoms with van der Waals surface area (Å²) in [6.07, 6.45) is 5.46. The number of benzene rings is 1. The predicted octanol–water partition coefficient (Wildman–Crippen LogP) is 3.68. The Kier molecular flexibility index (Phi) is 7.35. The van der Waals surface area contributed by atoms with Crippen LogP contribution in [0.15, 0.2) is 42.6 Å². The summed E-state index contributed by atoms with van der Waals surface area (Å²) in [4.78, 5) is 19.8. The third-order valence-corrected chi connectivity index (χ3v) is 6.48. The third-order valence-electron chi connectivity index (χ3n) is 6.48. The van der Waals surface area contributed by atoms with E-state index >= 15 is 0 Å². The SMILES string of the molecule is CC(C)(C)Oc1ccc([C@H](O)[C@H](CN2CCCC2)NC(=O)CC2Cc3ccccc3C2)nc1. The molecule has 4 rings (SSSR count). The van der Waals surface area contributed by atoms with Gasteiger partial charge >= 0.3 is 0 Å². The fraction of sp³-hybridized carbons (Fsp3) is 0.556. The average Bonchev–Trinajstić information content (AvgIpc) is 3.41. The first-order chi connectivity index (χ1) is 15.8. The summed E-state index contributed by atoms with van der Waals surface area (Å²) in [6, 6.07) is 11.7. The smallest absolute Gasteiger partial charge is 0.220 e. The molecule has 0 saturated carbocycles. The Labute approximate surface area is 197 Å². The Bertz CT molecular complexity index is 907. The van der Waals surface area contributed by atoms with Crippen LogP contribution in [-0.2, 0) is 17.6 Å². The molecule has 2 aliphatic rings. The number of nitrogens with one attached hydrogen (secondary N) is 1. The minimum atomic E-state index is -0.876. The minimum Gasteiger partial charge on any atom is -0.487 e. The van der Waals surface area contributed by atoms with Gasteiger partial charge in [0.15, 0.2) is 0 Å². The Morgan fingerprint density at radius 1 is 1.15 bits per heavy atom. The lowest BCUT2D eigenvalue weighted by Gasteiger charge is -2.29. The van der Waals surface area contributed by atoms with E-state index in [4.69, 9.17) is 4.74 Å². The molecule has 0 spiro atoms. The van der Waals surface area contributed by atoms with Crippen molar-refractivity contribution >= 4 is 5.91 Å². The van der Waals surface area contributed by atoms with E-state index in [1.807, 2.05) is 26.8 Å². The molecule has 1 fully saturated rings. The molecular formula is C27H37N3O3. The average molecular weight is 452 g/mol. The zero-order chi connectivity index (χ0) is 23.4. The van der Waals surface area contributed by atoms with E-state index in [1.165, 1.54) is 11.1 Å². The molecule has 33 heavy (non-hydrogen) atoms. The molecule has 1 saturated heterocycles. The summed E-state index contributed by atoms with van der Waals surface area (Å²) in [7, 11) is 0. The Hall–Kier alpha value is -2.44. The van der Waals surface area contributed by atoms with Gasteiger partial charge in [-0.15, -0.1) is 0 Å². The summed E-state index contributed by atoms with van der Waals surface area (Å²) in [5.41, 5.74) is 2.94. The molecule has 2 heterocycles. The summed E-state index contributed by atoms with van der Waals surface area (Å²) >= 11 is 0. The number of hydrogen-bond acceptors (Lipinski definition) is 5. The monoisotopic (exact) mass is 451 g/mol. The van der Waals surface area contributed by atoms with Crippen LogP contribution in [0, 0.1) is 5.92 Å². The van der Waals surface area contributed by atoms with Gasteiger partial charge in [-0.1, -0.05) is 24.3 Å². The van der Waals surface area contributed by atoms with Gasteiger partial charge in [0, 0.05) is 13.0 Å². The number of nitrogens with zero attached hydrogens (tertiary/aromatic N) is 2. The number of fused-ring (bicyclic) bond motifs is 1. The Balaban J connectivity index is 1.40. The molecule has 1 aromatic heterocycles. The van der Waals surface area contributed by atoms with E-state index in [0.717, 1.165) is 38.8 Å². The topological polar surface area (TPSA) is 74.7 Å².